The van der Waals surface area contributed by atoms with Gasteiger partial charge in [-0.3, -0.25) is 4.79 Å². The number of thiophene rings is 1. The molecular weight excluding hydrogens is 348 g/mol. The van der Waals surface area contributed by atoms with Crippen molar-refractivity contribution >= 4 is 49.9 Å². The smallest absolute Gasteiger partial charge is 0.265 e. The van der Waals surface area contributed by atoms with E-state index in [0.29, 0.717) is 21.6 Å². The van der Waals surface area contributed by atoms with Gasteiger partial charge in [-0.25, -0.2) is 17.4 Å². The van der Waals surface area contributed by atoms with Crippen LogP contribution in [0.1, 0.15) is 23.5 Å². The second kappa shape index (κ2) is 5.91. The highest BCUT2D eigenvalue weighted by Crippen LogP contribution is 2.25. The van der Waals surface area contributed by atoms with Crippen LogP contribution in [0.5, 0.6) is 0 Å². The third-order valence-electron chi connectivity index (χ3n) is 3.49. The summed E-state index contributed by atoms with van der Waals surface area (Å²) in [6, 6.07) is 8.34. The van der Waals surface area contributed by atoms with Crippen LogP contribution in [0.3, 0.4) is 0 Å². The minimum atomic E-state index is -3.66. The van der Waals surface area contributed by atoms with E-state index < -0.39 is 15.3 Å². The molecule has 0 saturated heterocycles. The van der Waals surface area contributed by atoms with E-state index in [1.165, 1.54) is 11.3 Å². The number of aromatic nitrogens is 2. The van der Waals surface area contributed by atoms with E-state index in [9.17, 15) is 13.2 Å². The molecule has 0 bridgehead atoms. The van der Waals surface area contributed by atoms with Crippen molar-refractivity contribution in [2.45, 2.75) is 19.1 Å². The van der Waals surface area contributed by atoms with E-state index in [1.54, 1.807) is 44.2 Å². The van der Waals surface area contributed by atoms with E-state index in [2.05, 4.69) is 10.3 Å². The summed E-state index contributed by atoms with van der Waals surface area (Å²) < 4.78 is 26.0. The van der Waals surface area contributed by atoms with Crippen LogP contribution in [0.2, 0.25) is 0 Å². The van der Waals surface area contributed by atoms with Gasteiger partial charge in [0.2, 0.25) is 16.0 Å². The summed E-state index contributed by atoms with van der Waals surface area (Å²) in [5, 5.41) is 3.91. The van der Waals surface area contributed by atoms with Crippen LogP contribution in [-0.4, -0.2) is 28.5 Å². The number of rotatable bonds is 4. The van der Waals surface area contributed by atoms with Gasteiger partial charge in [0.05, 0.1) is 21.2 Å². The molecule has 3 rings (SSSR count). The fourth-order valence-corrected chi connectivity index (χ4v) is 3.99. The number of hydrogen-bond donors (Lipinski definition) is 2. The molecule has 0 spiro atoms. The van der Waals surface area contributed by atoms with Gasteiger partial charge in [0.25, 0.3) is 5.91 Å². The highest BCUT2D eigenvalue weighted by molar-refractivity contribution is 7.90. The first kappa shape index (κ1) is 16.5. The number of fused-ring (bicyclic) bond motifs is 1. The molecule has 3 N–H and O–H groups in total. The molecule has 0 unspecified atom stereocenters. The van der Waals surface area contributed by atoms with Crippen molar-refractivity contribution in [1.82, 2.24) is 8.96 Å². The summed E-state index contributed by atoms with van der Waals surface area (Å²) in [4.78, 5) is 16.8. The SMILES string of the molecule is CC(C)S(=O)(=O)n1c(N)nc2ccc(NC(=O)c3cccs3)cc21. The van der Waals surface area contributed by atoms with Gasteiger partial charge in [-0.15, -0.1) is 11.3 Å². The lowest BCUT2D eigenvalue weighted by molar-refractivity contribution is 0.103. The van der Waals surface area contributed by atoms with Crippen molar-refractivity contribution in [3.05, 3.63) is 40.6 Å². The van der Waals surface area contributed by atoms with Crippen molar-refractivity contribution < 1.29 is 13.2 Å². The molecule has 3 aromatic rings. The maximum absolute atomic E-state index is 12.5. The minimum absolute atomic E-state index is 0.0968. The fraction of sp³-hybridized carbons (Fsp3) is 0.200. The van der Waals surface area contributed by atoms with Gasteiger partial charge < -0.3 is 11.1 Å². The van der Waals surface area contributed by atoms with Crippen molar-refractivity contribution in [3.63, 3.8) is 0 Å². The van der Waals surface area contributed by atoms with Crippen LogP contribution in [-0.2, 0) is 10.0 Å². The maximum Gasteiger partial charge on any atom is 0.265 e. The van der Waals surface area contributed by atoms with Crippen LogP contribution in [0.15, 0.2) is 35.7 Å². The normalized spacial score (nSPS) is 12.0. The molecular formula is C15H16N4O3S2. The number of anilines is 2. The van der Waals surface area contributed by atoms with Gasteiger partial charge >= 0.3 is 0 Å². The predicted molar refractivity (Wildman–Crippen MR) is 95.9 cm³/mol. The van der Waals surface area contributed by atoms with Crippen LogP contribution in [0.25, 0.3) is 11.0 Å². The Bertz CT molecular complexity index is 1000. The van der Waals surface area contributed by atoms with Gasteiger partial charge in [-0.1, -0.05) is 6.07 Å². The van der Waals surface area contributed by atoms with Crippen LogP contribution in [0.4, 0.5) is 11.6 Å². The summed E-state index contributed by atoms with van der Waals surface area (Å²) in [6.45, 7) is 3.14. The molecule has 0 fully saturated rings. The van der Waals surface area contributed by atoms with Gasteiger partial charge in [0.1, 0.15) is 0 Å². The van der Waals surface area contributed by atoms with Crippen molar-refractivity contribution in [3.8, 4) is 0 Å². The van der Waals surface area contributed by atoms with Crippen LogP contribution >= 0.6 is 11.3 Å². The first-order valence-electron chi connectivity index (χ1n) is 7.18. The number of benzene rings is 1. The number of imidazole rings is 1. The summed E-state index contributed by atoms with van der Waals surface area (Å²) in [7, 11) is -3.66. The molecule has 24 heavy (non-hydrogen) atoms. The highest BCUT2D eigenvalue weighted by atomic mass is 32.2. The standard InChI is InChI=1S/C15H16N4O3S2/c1-9(2)24(21,22)19-12-8-10(5-6-11(12)18-15(19)16)17-14(20)13-4-3-7-23-13/h3-9H,1-2H3,(H2,16,18)(H,17,20). The third kappa shape index (κ3) is 2.76. The Labute approximate surface area is 143 Å². The van der Waals surface area contributed by atoms with Gasteiger partial charge in [-0.2, -0.15) is 0 Å². The fourth-order valence-electron chi connectivity index (χ4n) is 2.23. The van der Waals surface area contributed by atoms with E-state index in [-0.39, 0.29) is 11.9 Å². The lowest BCUT2D eigenvalue weighted by Crippen LogP contribution is -2.23. The number of hydrogen-bond acceptors (Lipinski definition) is 6. The molecule has 0 saturated carbocycles. The van der Waals surface area contributed by atoms with Crippen LogP contribution in [0, 0.1) is 0 Å². The van der Waals surface area contributed by atoms with Gasteiger partial charge in [0.15, 0.2) is 0 Å². The number of carbonyl (C=O) groups excluding carboxylic acids is 1. The summed E-state index contributed by atoms with van der Waals surface area (Å²) in [6.07, 6.45) is 0. The maximum atomic E-state index is 12.5. The quantitative estimate of drug-likeness (QED) is 0.740. The predicted octanol–water partition coefficient (Wildman–Crippen LogP) is 2.52. The number of amides is 1. The summed E-state index contributed by atoms with van der Waals surface area (Å²) in [5.74, 6) is -0.351. The molecule has 1 amide bonds. The molecule has 2 aromatic heterocycles. The number of nitrogens with two attached hydrogens (primary N) is 1. The Kier molecular flexibility index (Phi) is 4.06. The summed E-state index contributed by atoms with van der Waals surface area (Å²) >= 11 is 1.32. The zero-order valence-corrected chi connectivity index (χ0v) is 14.7. The largest absolute Gasteiger partial charge is 0.368 e. The number of carbonyl (C=O) groups is 1. The molecule has 1 aromatic carbocycles. The number of nitrogens with zero attached hydrogens (tertiary/aromatic N) is 2. The van der Waals surface area contributed by atoms with E-state index in [0.717, 1.165) is 3.97 Å². The van der Waals surface area contributed by atoms with Gasteiger partial charge in [0, 0.05) is 5.69 Å². The zero-order valence-electron chi connectivity index (χ0n) is 13.1. The molecule has 2 heterocycles. The topological polar surface area (TPSA) is 107 Å². The average molecular weight is 364 g/mol. The molecule has 0 aliphatic rings. The number of nitrogen functional groups attached to an aromatic ring is 1. The molecule has 9 heteroatoms. The van der Waals surface area contributed by atoms with Crippen molar-refractivity contribution in [2.75, 3.05) is 11.1 Å². The number of nitrogens with one attached hydrogen (secondary N) is 1. The van der Waals surface area contributed by atoms with Crippen molar-refractivity contribution in [1.29, 1.82) is 0 Å². The van der Waals surface area contributed by atoms with Gasteiger partial charge in [-0.05, 0) is 43.5 Å². The monoisotopic (exact) mass is 364 g/mol. The molecule has 0 aliphatic carbocycles. The Morgan fingerprint density at radius 2 is 2.08 bits per heavy atom. The van der Waals surface area contributed by atoms with E-state index in [1.807, 2.05) is 5.38 Å². The molecule has 0 radical (unpaired) electrons. The molecule has 7 nitrogen and oxygen atoms in total. The zero-order chi connectivity index (χ0) is 17.5. The Balaban J connectivity index is 2.06. The highest BCUT2D eigenvalue weighted by Gasteiger charge is 2.24. The Morgan fingerprint density at radius 1 is 1.33 bits per heavy atom. The second-order valence-corrected chi connectivity index (χ2v) is 8.75. The molecule has 126 valence electrons. The van der Waals surface area contributed by atoms with E-state index in [4.69, 9.17) is 5.73 Å². The van der Waals surface area contributed by atoms with Crippen LogP contribution < -0.4 is 11.1 Å². The molecule has 0 atom stereocenters. The van der Waals surface area contributed by atoms with E-state index >= 15 is 0 Å². The summed E-state index contributed by atoms with van der Waals surface area (Å²) in [5.41, 5.74) is 7.05. The third-order valence-corrected chi connectivity index (χ3v) is 6.44. The Hall–Kier alpha value is -2.39. The lowest BCUT2D eigenvalue weighted by Gasteiger charge is -2.11. The Morgan fingerprint density at radius 3 is 2.71 bits per heavy atom. The molecule has 0 aliphatic heterocycles. The first-order valence-corrected chi connectivity index (χ1v) is 9.56. The minimum Gasteiger partial charge on any atom is -0.368 e. The second-order valence-electron chi connectivity index (χ2n) is 5.46. The lowest BCUT2D eigenvalue weighted by atomic mass is 10.2. The average Bonchev–Trinajstić information content (AvgIpc) is 3.13. The van der Waals surface area contributed by atoms with Crippen molar-refractivity contribution in [2.24, 2.45) is 0 Å². The first-order chi connectivity index (χ1) is 11.3.